The van der Waals surface area contributed by atoms with Gasteiger partial charge in [-0.15, -0.1) is 0 Å². The van der Waals surface area contributed by atoms with Gasteiger partial charge in [0.25, 0.3) is 15.9 Å². The molecule has 9 heteroatoms. The van der Waals surface area contributed by atoms with E-state index in [0.29, 0.717) is 27.9 Å². The van der Waals surface area contributed by atoms with Crippen molar-refractivity contribution in [2.75, 3.05) is 23.3 Å². The summed E-state index contributed by atoms with van der Waals surface area (Å²) in [5.74, 6) is 0.306. The Balaban J connectivity index is 1.67. The number of amides is 1. The van der Waals surface area contributed by atoms with Crippen molar-refractivity contribution in [2.45, 2.75) is 24.8 Å². The van der Waals surface area contributed by atoms with E-state index >= 15 is 0 Å². The minimum absolute atomic E-state index is 0.141. The first-order chi connectivity index (χ1) is 15.7. The first kappa shape index (κ1) is 22.9. The van der Waals surface area contributed by atoms with Gasteiger partial charge in [-0.3, -0.25) is 9.10 Å². The van der Waals surface area contributed by atoms with Gasteiger partial charge in [0.15, 0.2) is 6.10 Å². The van der Waals surface area contributed by atoms with Crippen LogP contribution < -0.4 is 19.1 Å². The first-order valence-corrected chi connectivity index (χ1v) is 12.0. The van der Waals surface area contributed by atoms with Crippen molar-refractivity contribution < 1.29 is 22.7 Å². The second-order valence-corrected chi connectivity index (χ2v) is 10.0. The standard InChI is InChI=1S/C24H23ClN2O5S/c1-15-4-8-18(9-5-15)33(29,30)27-14-23(32-22-12-16(2)6-10-20(22)27)24(28)26-17-7-11-21(31-3)19(25)13-17/h4-13,23H,14H2,1-3H3,(H,26,28)/t23-/m0/s1. The molecule has 0 bridgehead atoms. The van der Waals surface area contributed by atoms with Crippen LogP contribution in [0.15, 0.2) is 65.6 Å². The SMILES string of the molecule is COc1ccc(NC(=O)[C@@H]2CN(S(=O)(=O)c3ccc(C)cc3)c3ccc(C)cc3O2)cc1Cl. The maximum atomic E-state index is 13.5. The molecule has 0 fully saturated rings. The molecule has 0 saturated carbocycles. The lowest BCUT2D eigenvalue weighted by Crippen LogP contribution is -2.48. The second kappa shape index (κ2) is 8.96. The van der Waals surface area contributed by atoms with E-state index in [2.05, 4.69) is 5.32 Å². The monoisotopic (exact) mass is 486 g/mol. The van der Waals surface area contributed by atoms with E-state index in [1.807, 2.05) is 13.8 Å². The fourth-order valence-corrected chi connectivity index (χ4v) is 5.26. The van der Waals surface area contributed by atoms with Crippen molar-refractivity contribution in [2.24, 2.45) is 0 Å². The van der Waals surface area contributed by atoms with Gasteiger partial charge in [0.2, 0.25) is 0 Å². The van der Waals surface area contributed by atoms with Crippen LogP contribution in [0.3, 0.4) is 0 Å². The summed E-state index contributed by atoms with van der Waals surface area (Å²) in [6.45, 7) is 3.57. The molecule has 1 heterocycles. The van der Waals surface area contributed by atoms with Gasteiger partial charge in [0.1, 0.15) is 11.5 Å². The average Bonchev–Trinajstić information content (AvgIpc) is 2.78. The number of rotatable bonds is 5. The molecule has 33 heavy (non-hydrogen) atoms. The lowest BCUT2D eigenvalue weighted by molar-refractivity contribution is -0.122. The van der Waals surface area contributed by atoms with Gasteiger partial charge in [-0.25, -0.2) is 8.42 Å². The molecule has 0 aliphatic carbocycles. The second-order valence-electron chi connectivity index (χ2n) is 7.77. The number of fused-ring (bicyclic) bond motifs is 1. The molecule has 1 amide bonds. The topological polar surface area (TPSA) is 84.9 Å². The molecule has 172 valence electrons. The summed E-state index contributed by atoms with van der Waals surface area (Å²) in [4.78, 5) is 13.2. The maximum Gasteiger partial charge on any atom is 0.267 e. The molecule has 1 atom stereocenters. The van der Waals surface area contributed by atoms with Crippen molar-refractivity contribution in [3.63, 3.8) is 0 Å². The van der Waals surface area contributed by atoms with E-state index in [1.54, 1.807) is 60.7 Å². The Hall–Kier alpha value is -3.23. The Bertz CT molecular complexity index is 1310. The highest BCUT2D eigenvalue weighted by Gasteiger charge is 2.37. The third-order valence-corrected chi connectivity index (χ3v) is 7.39. The molecule has 0 unspecified atom stereocenters. The summed E-state index contributed by atoms with van der Waals surface area (Å²) in [5.41, 5.74) is 2.65. The van der Waals surface area contributed by atoms with Crippen molar-refractivity contribution in [1.29, 1.82) is 0 Å². The molecule has 0 aromatic heterocycles. The van der Waals surface area contributed by atoms with Gasteiger partial charge in [0, 0.05) is 5.69 Å². The molecule has 0 spiro atoms. The number of hydrogen-bond donors (Lipinski definition) is 1. The number of aryl methyl sites for hydroxylation is 2. The van der Waals surface area contributed by atoms with E-state index in [4.69, 9.17) is 21.1 Å². The smallest absolute Gasteiger partial charge is 0.267 e. The largest absolute Gasteiger partial charge is 0.495 e. The van der Waals surface area contributed by atoms with Crippen LogP contribution in [-0.2, 0) is 14.8 Å². The summed E-state index contributed by atoms with van der Waals surface area (Å²) in [5, 5.41) is 3.08. The Kier molecular flexibility index (Phi) is 6.23. The lowest BCUT2D eigenvalue weighted by atomic mass is 10.1. The van der Waals surface area contributed by atoms with Crippen molar-refractivity contribution in [3.05, 3.63) is 76.8 Å². The van der Waals surface area contributed by atoms with Gasteiger partial charge in [-0.2, -0.15) is 0 Å². The predicted molar refractivity (Wildman–Crippen MR) is 128 cm³/mol. The first-order valence-electron chi connectivity index (χ1n) is 10.2. The van der Waals surface area contributed by atoms with Crippen LogP contribution in [0.1, 0.15) is 11.1 Å². The van der Waals surface area contributed by atoms with E-state index < -0.39 is 22.0 Å². The molecule has 3 aromatic rings. The quantitative estimate of drug-likeness (QED) is 0.571. The van der Waals surface area contributed by atoms with Gasteiger partial charge in [0.05, 0.1) is 29.3 Å². The summed E-state index contributed by atoms with van der Waals surface area (Å²) in [6, 6.07) is 16.6. The zero-order chi connectivity index (χ0) is 23.8. The van der Waals surface area contributed by atoms with Gasteiger partial charge < -0.3 is 14.8 Å². The molecule has 4 rings (SSSR count). The zero-order valence-electron chi connectivity index (χ0n) is 18.3. The number of benzene rings is 3. The van der Waals surface area contributed by atoms with Crippen LogP contribution in [0.5, 0.6) is 11.5 Å². The zero-order valence-corrected chi connectivity index (χ0v) is 19.9. The van der Waals surface area contributed by atoms with Crippen molar-refractivity contribution in [1.82, 2.24) is 0 Å². The van der Waals surface area contributed by atoms with E-state index in [9.17, 15) is 13.2 Å². The van der Waals surface area contributed by atoms with Crippen LogP contribution in [0.4, 0.5) is 11.4 Å². The number of sulfonamides is 1. The average molecular weight is 487 g/mol. The fraction of sp³-hybridized carbons (Fsp3) is 0.208. The van der Waals surface area contributed by atoms with Gasteiger partial charge in [-0.1, -0.05) is 35.4 Å². The maximum absolute atomic E-state index is 13.5. The molecule has 0 saturated heterocycles. The van der Waals surface area contributed by atoms with Gasteiger partial charge in [-0.05, 0) is 61.9 Å². The number of carbonyl (C=O) groups is 1. The number of nitrogens with zero attached hydrogens (tertiary/aromatic N) is 1. The Morgan fingerprint density at radius 3 is 2.42 bits per heavy atom. The molecule has 7 nitrogen and oxygen atoms in total. The number of halogens is 1. The van der Waals surface area contributed by atoms with E-state index in [1.165, 1.54) is 11.4 Å². The highest BCUT2D eigenvalue weighted by molar-refractivity contribution is 7.92. The Labute approximate surface area is 197 Å². The molecule has 1 aliphatic rings. The van der Waals surface area contributed by atoms with Crippen molar-refractivity contribution >= 4 is 38.9 Å². The number of hydrogen-bond acceptors (Lipinski definition) is 5. The summed E-state index contributed by atoms with van der Waals surface area (Å²) < 4.78 is 39.3. The third-order valence-electron chi connectivity index (χ3n) is 5.31. The third kappa shape index (κ3) is 4.62. The molecule has 1 aliphatic heterocycles. The van der Waals surface area contributed by atoms with Crippen molar-refractivity contribution in [3.8, 4) is 11.5 Å². The fourth-order valence-electron chi connectivity index (χ4n) is 3.53. The van der Waals surface area contributed by atoms with Crippen LogP contribution in [0.25, 0.3) is 0 Å². The minimum atomic E-state index is -3.92. The normalized spacial score (nSPS) is 15.4. The molecular weight excluding hydrogens is 464 g/mol. The predicted octanol–water partition coefficient (Wildman–Crippen LogP) is 4.56. The molecule has 0 radical (unpaired) electrons. The van der Waals surface area contributed by atoms with Crippen LogP contribution >= 0.6 is 11.6 Å². The summed E-state index contributed by atoms with van der Waals surface area (Å²) in [7, 11) is -2.43. The number of methoxy groups -OCH3 is 1. The molecule has 1 N–H and O–H groups in total. The highest BCUT2D eigenvalue weighted by atomic mass is 35.5. The number of nitrogens with one attached hydrogen (secondary N) is 1. The van der Waals surface area contributed by atoms with Crippen LogP contribution in [0.2, 0.25) is 5.02 Å². The number of ether oxygens (including phenoxy) is 2. The summed E-state index contributed by atoms with van der Waals surface area (Å²) in [6.07, 6.45) is -1.07. The Morgan fingerprint density at radius 1 is 1.06 bits per heavy atom. The summed E-state index contributed by atoms with van der Waals surface area (Å²) >= 11 is 6.15. The van der Waals surface area contributed by atoms with Crippen LogP contribution in [0, 0.1) is 13.8 Å². The highest BCUT2D eigenvalue weighted by Crippen LogP contribution is 2.38. The number of anilines is 2. The Morgan fingerprint density at radius 2 is 1.76 bits per heavy atom. The molecular formula is C24H23ClN2O5S. The molecule has 3 aromatic carbocycles. The minimum Gasteiger partial charge on any atom is -0.495 e. The number of carbonyl (C=O) groups excluding carboxylic acids is 1. The van der Waals surface area contributed by atoms with Crippen LogP contribution in [-0.4, -0.2) is 34.1 Å². The lowest BCUT2D eigenvalue weighted by Gasteiger charge is -2.35. The van der Waals surface area contributed by atoms with E-state index in [0.717, 1.165) is 11.1 Å². The van der Waals surface area contributed by atoms with E-state index in [-0.39, 0.29) is 11.4 Å². The van der Waals surface area contributed by atoms with Gasteiger partial charge >= 0.3 is 0 Å².